The fraction of sp³-hybridized carbons (Fsp3) is 0.419. The quantitative estimate of drug-likeness (QED) is 0.163. The van der Waals surface area contributed by atoms with Gasteiger partial charge >= 0.3 is 0 Å². The van der Waals surface area contributed by atoms with Gasteiger partial charge in [-0.05, 0) is 74.8 Å². The van der Waals surface area contributed by atoms with E-state index in [1.807, 2.05) is 29.9 Å². The summed E-state index contributed by atoms with van der Waals surface area (Å²) in [6.07, 6.45) is 4.52. The number of fused-ring (bicyclic) bond motifs is 1. The molecule has 212 valence electrons. The van der Waals surface area contributed by atoms with E-state index >= 15 is 0 Å². The maximum absolute atomic E-state index is 10.8. The number of nitrogens with zero attached hydrogens (tertiary/aromatic N) is 4. The molecule has 1 fully saturated rings. The maximum Gasteiger partial charge on any atom is 0.145 e. The van der Waals surface area contributed by atoms with E-state index in [2.05, 4.69) is 86.4 Å². The van der Waals surface area contributed by atoms with E-state index in [0.29, 0.717) is 13.0 Å². The van der Waals surface area contributed by atoms with E-state index in [9.17, 15) is 10.2 Å². The molecular formula is C31H41N7O2. The lowest BCUT2D eigenvalue weighted by Crippen LogP contribution is -2.34. The smallest absolute Gasteiger partial charge is 0.145 e. The second-order valence-electron chi connectivity index (χ2n) is 10.6. The van der Waals surface area contributed by atoms with Crippen molar-refractivity contribution in [3.63, 3.8) is 0 Å². The molecule has 40 heavy (non-hydrogen) atoms. The molecule has 1 aliphatic carbocycles. The van der Waals surface area contributed by atoms with Crippen LogP contribution < -0.4 is 20.9 Å². The molecule has 4 atom stereocenters. The first kappa shape index (κ1) is 28.0. The summed E-state index contributed by atoms with van der Waals surface area (Å²) in [7, 11) is 3.93. The molecule has 0 aliphatic heterocycles. The molecule has 1 saturated carbocycles. The predicted molar refractivity (Wildman–Crippen MR) is 161 cm³/mol. The molecule has 0 bridgehead atoms. The molecule has 2 aromatic heterocycles. The number of anilines is 3. The van der Waals surface area contributed by atoms with Gasteiger partial charge in [0, 0.05) is 44.1 Å². The van der Waals surface area contributed by atoms with E-state index in [0.717, 1.165) is 49.3 Å². The number of aliphatic hydroxyl groups is 2. The van der Waals surface area contributed by atoms with E-state index in [-0.39, 0.29) is 12.0 Å². The van der Waals surface area contributed by atoms with Crippen LogP contribution in [0.3, 0.4) is 0 Å². The van der Waals surface area contributed by atoms with Gasteiger partial charge in [-0.25, -0.2) is 9.97 Å². The molecule has 0 unspecified atom stereocenters. The first-order valence-electron chi connectivity index (χ1n) is 14.2. The van der Waals surface area contributed by atoms with Gasteiger partial charge < -0.3 is 35.6 Å². The number of nitrogens with one attached hydrogen (secondary N) is 3. The van der Waals surface area contributed by atoms with Crippen LogP contribution in [0.15, 0.2) is 73.2 Å². The van der Waals surface area contributed by atoms with Crippen molar-refractivity contribution in [3.05, 3.63) is 78.8 Å². The molecule has 2 heterocycles. The molecule has 4 aromatic rings. The second kappa shape index (κ2) is 13.2. The lowest BCUT2D eigenvalue weighted by molar-refractivity contribution is 0.00694. The molecule has 1 aliphatic rings. The third-order valence-electron chi connectivity index (χ3n) is 8.02. The number of benzene rings is 2. The topological polar surface area (TPSA) is 110 Å². The number of aromatic nitrogens is 3. The van der Waals surface area contributed by atoms with Crippen LogP contribution >= 0.6 is 0 Å². The normalized spacial score (nSPS) is 20.7. The molecule has 0 saturated heterocycles. The van der Waals surface area contributed by atoms with Crippen molar-refractivity contribution in [3.8, 4) is 0 Å². The number of rotatable bonds is 13. The van der Waals surface area contributed by atoms with Crippen LogP contribution in [0.5, 0.6) is 0 Å². The fourth-order valence-corrected chi connectivity index (χ4v) is 5.72. The van der Waals surface area contributed by atoms with Crippen molar-refractivity contribution in [2.24, 2.45) is 5.92 Å². The van der Waals surface area contributed by atoms with Crippen LogP contribution in [-0.4, -0.2) is 77.2 Å². The lowest BCUT2D eigenvalue weighted by Gasteiger charge is -2.20. The Morgan fingerprint density at radius 1 is 0.925 bits per heavy atom. The molecular weight excluding hydrogens is 502 g/mol. The molecule has 5 N–H and O–H groups in total. The molecule has 0 radical (unpaired) electrons. The second-order valence-corrected chi connectivity index (χ2v) is 10.6. The third-order valence-corrected chi connectivity index (χ3v) is 8.02. The molecule has 9 heteroatoms. The van der Waals surface area contributed by atoms with Crippen molar-refractivity contribution >= 4 is 28.2 Å². The summed E-state index contributed by atoms with van der Waals surface area (Å²) in [6, 6.07) is 20.9. The Labute approximate surface area is 236 Å². The van der Waals surface area contributed by atoms with Crippen LogP contribution in [0.1, 0.15) is 24.4 Å². The minimum absolute atomic E-state index is 0.0164. The average Bonchev–Trinajstić information content (AvgIpc) is 3.55. The standard InChI is InChI=1S/C31H41N7O2/c1-32-30-26-13-17-38(31(26)36-21-35-30)27-19-23(28(39)29(27)40)20-34-15-7-14-33-16-12-22-8-6-11-25(18-22)37(2)24-9-4-3-5-10-24/h3-6,8-11,13,17-18,21,23,27-29,33-34,39-40H,7,12,14-16,19-20H2,1-2H3,(H,32,35,36)/t23-,27-,28-,29+/m1/s1. The Bertz CT molecular complexity index is 1360. The zero-order valence-electron chi connectivity index (χ0n) is 23.4. The summed E-state index contributed by atoms with van der Waals surface area (Å²) >= 11 is 0. The van der Waals surface area contributed by atoms with Gasteiger partial charge in [-0.3, -0.25) is 0 Å². The SMILES string of the molecule is CNc1ncnc2c1ccn2[C@@H]1C[C@H](CNCCCNCCc2cccc(N(C)c3ccccc3)c2)[C@@H](O)[C@H]1O. The Balaban J connectivity index is 1.01. The van der Waals surface area contributed by atoms with Gasteiger partial charge in [0.25, 0.3) is 0 Å². The highest BCUT2D eigenvalue weighted by atomic mass is 16.3. The van der Waals surface area contributed by atoms with Gasteiger partial charge in [0.1, 0.15) is 23.9 Å². The minimum Gasteiger partial charge on any atom is -0.390 e. The largest absolute Gasteiger partial charge is 0.390 e. The predicted octanol–water partition coefficient (Wildman–Crippen LogP) is 3.34. The van der Waals surface area contributed by atoms with Gasteiger partial charge in [0.2, 0.25) is 0 Å². The summed E-state index contributed by atoms with van der Waals surface area (Å²) in [6.45, 7) is 3.39. The van der Waals surface area contributed by atoms with Crippen LogP contribution in [0.25, 0.3) is 11.0 Å². The van der Waals surface area contributed by atoms with E-state index in [1.54, 1.807) is 0 Å². The monoisotopic (exact) mass is 543 g/mol. The van der Waals surface area contributed by atoms with E-state index < -0.39 is 12.2 Å². The molecule has 2 aromatic carbocycles. The van der Waals surface area contributed by atoms with Crippen LogP contribution in [-0.2, 0) is 6.42 Å². The summed E-state index contributed by atoms with van der Waals surface area (Å²) in [5.74, 6) is 0.741. The Hall–Kier alpha value is -3.50. The summed E-state index contributed by atoms with van der Waals surface area (Å²) in [4.78, 5) is 10.9. The maximum atomic E-state index is 10.8. The molecule has 9 nitrogen and oxygen atoms in total. The van der Waals surface area contributed by atoms with Gasteiger partial charge in [-0.15, -0.1) is 0 Å². The van der Waals surface area contributed by atoms with Crippen LogP contribution in [0, 0.1) is 5.92 Å². The number of hydrogen-bond donors (Lipinski definition) is 5. The average molecular weight is 544 g/mol. The Morgan fingerprint density at radius 3 is 2.55 bits per heavy atom. The highest BCUT2D eigenvalue weighted by Crippen LogP contribution is 2.37. The van der Waals surface area contributed by atoms with Gasteiger partial charge in [0.15, 0.2) is 0 Å². The van der Waals surface area contributed by atoms with E-state index in [4.69, 9.17) is 0 Å². The zero-order valence-corrected chi connectivity index (χ0v) is 23.4. The number of hydrogen-bond acceptors (Lipinski definition) is 8. The zero-order chi connectivity index (χ0) is 27.9. The number of aliphatic hydroxyl groups excluding tert-OH is 2. The lowest BCUT2D eigenvalue weighted by atomic mass is 10.1. The first-order chi connectivity index (χ1) is 19.6. The van der Waals surface area contributed by atoms with Crippen molar-refractivity contribution in [2.75, 3.05) is 50.5 Å². The van der Waals surface area contributed by atoms with Crippen molar-refractivity contribution in [2.45, 2.75) is 37.5 Å². The first-order valence-corrected chi connectivity index (χ1v) is 14.2. The Morgan fingerprint density at radius 2 is 1.73 bits per heavy atom. The highest BCUT2D eigenvalue weighted by Gasteiger charge is 2.42. The van der Waals surface area contributed by atoms with E-state index in [1.165, 1.54) is 23.3 Å². The third kappa shape index (κ3) is 6.28. The Kier molecular flexibility index (Phi) is 9.28. The van der Waals surface area contributed by atoms with Crippen LogP contribution in [0.2, 0.25) is 0 Å². The summed E-state index contributed by atoms with van der Waals surface area (Å²) in [5.41, 5.74) is 4.45. The fourth-order valence-electron chi connectivity index (χ4n) is 5.72. The highest BCUT2D eigenvalue weighted by molar-refractivity contribution is 5.87. The van der Waals surface area contributed by atoms with Crippen molar-refractivity contribution in [1.29, 1.82) is 0 Å². The molecule has 5 rings (SSSR count). The summed E-state index contributed by atoms with van der Waals surface area (Å²) in [5, 5.41) is 32.6. The summed E-state index contributed by atoms with van der Waals surface area (Å²) < 4.78 is 1.98. The number of para-hydroxylation sites is 1. The van der Waals surface area contributed by atoms with Crippen molar-refractivity contribution < 1.29 is 10.2 Å². The van der Waals surface area contributed by atoms with Crippen LogP contribution in [0.4, 0.5) is 17.2 Å². The molecule has 0 spiro atoms. The van der Waals surface area contributed by atoms with Gasteiger partial charge in [0.05, 0.1) is 17.5 Å². The van der Waals surface area contributed by atoms with Crippen molar-refractivity contribution in [1.82, 2.24) is 25.2 Å². The molecule has 0 amide bonds. The van der Waals surface area contributed by atoms with Gasteiger partial charge in [-0.1, -0.05) is 30.3 Å². The minimum atomic E-state index is -0.831. The van der Waals surface area contributed by atoms with Gasteiger partial charge in [-0.2, -0.15) is 0 Å².